The van der Waals surface area contributed by atoms with Crippen LogP contribution >= 0.6 is 0 Å². The summed E-state index contributed by atoms with van der Waals surface area (Å²) in [5.41, 5.74) is 14.8. The first-order valence-corrected chi connectivity index (χ1v) is 19.5. The van der Waals surface area contributed by atoms with E-state index in [1.54, 1.807) is 11.1 Å². The van der Waals surface area contributed by atoms with Crippen LogP contribution in [0.15, 0.2) is 164 Å². The molecule has 1 heteroatoms. The van der Waals surface area contributed by atoms with Crippen LogP contribution in [0.25, 0.3) is 44.2 Å². The fourth-order valence-corrected chi connectivity index (χ4v) is 11.4. The first kappa shape index (κ1) is 30.2. The van der Waals surface area contributed by atoms with Crippen molar-refractivity contribution in [2.24, 2.45) is 23.7 Å². The Hall–Kier alpha value is -5.40. The topological polar surface area (TPSA) is 3.24 Å². The zero-order valence-corrected chi connectivity index (χ0v) is 29.6. The molecular weight excluding hydrogens is 627 g/mol. The molecule has 5 unspecified atom stereocenters. The van der Waals surface area contributed by atoms with E-state index in [4.69, 9.17) is 0 Å². The third-order valence-electron chi connectivity index (χ3n) is 13.6. The second kappa shape index (κ2) is 11.8. The molecule has 0 radical (unpaired) electrons. The number of hydrogen-bond acceptors (Lipinski definition) is 1. The van der Waals surface area contributed by atoms with Crippen molar-refractivity contribution >= 4 is 27.8 Å². The molecule has 0 heterocycles. The lowest BCUT2D eigenvalue weighted by molar-refractivity contribution is -0.0103. The summed E-state index contributed by atoms with van der Waals surface area (Å²) in [5.74, 6) is 3.48. The highest BCUT2D eigenvalue weighted by atomic mass is 15.1. The lowest BCUT2D eigenvalue weighted by atomic mass is 9.47. The fourth-order valence-electron chi connectivity index (χ4n) is 11.4. The molecule has 4 aliphatic carbocycles. The van der Waals surface area contributed by atoms with Gasteiger partial charge in [-0.25, -0.2) is 0 Å². The third-order valence-corrected chi connectivity index (χ3v) is 13.6. The summed E-state index contributed by atoms with van der Waals surface area (Å²) < 4.78 is 0. The minimum Gasteiger partial charge on any atom is -0.310 e. The minimum atomic E-state index is 0.152. The number of para-hydroxylation sites is 1. The van der Waals surface area contributed by atoms with Crippen LogP contribution in [0.5, 0.6) is 0 Å². The first-order valence-electron chi connectivity index (χ1n) is 19.5. The van der Waals surface area contributed by atoms with Crippen LogP contribution in [0.1, 0.15) is 49.7 Å². The van der Waals surface area contributed by atoms with Crippen molar-refractivity contribution < 1.29 is 0 Å². The Balaban J connectivity index is 1.07. The van der Waals surface area contributed by atoms with Gasteiger partial charge in [0, 0.05) is 22.4 Å². The molecule has 5 atom stereocenters. The molecule has 3 bridgehead atoms. The Morgan fingerprint density at radius 1 is 0.442 bits per heavy atom. The van der Waals surface area contributed by atoms with Gasteiger partial charge in [-0.05, 0) is 142 Å². The second-order valence-corrected chi connectivity index (χ2v) is 16.1. The Morgan fingerprint density at radius 3 is 2.04 bits per heavy atom. The summed E-state index contributed by atoms with van der Waals surface area (Å²) in [5, 5.41) is 2.55. The van der Waals surface area contributed by atoms with Gasteiger partial charge in [0.25, 0.3) is 0 Å². The molecule has 0 amide bonds. The molecule has 0 saturated heterocycles. The van der Waals surface area contributed by atoms with Crippen molar-refractivity contribution in [1.82, 2.24) is 0 Å². The van der Waals surface area contributed by atoms with Crippen LogP contribution in [0, 0.1) is 23.7 Å². The SMILES string of the molecule is c1ccc(-c2ccccc2N(c2ccc(-c3ccc4ccccc4c3)cc2)c2ccc3c(c2)-c2ccccc2C32CC3CCC4CC3CC2C4)cc1. The zero-order valence-electron chi connectivity index (χ0n) is 29.6. The van der Waals surface area contributed by atoms with Gasteiger partial charge < -0.3 is 4.90 Å². The second-order valence-electron chi connectivity index (χ2n) is 16.1. The van der Waals surface area contributed by atoms with E-state index < -0.39 is 0 Å². The van der Waals surface area contributed by atoms with Gasteiger partial charge in [0.05, 0.1) is 5.69 Å². The highest BCUT2D eigenvalue weighted by Gasteiger charge is 2.57. The van der Waals surface area contributed by atoms with Crippen molar-refractivity contribution in [2.75, 3.05) is 4.90 Å². The monoisotopic (exact) mass is 669 g/mol. The largest absolute Gasteiger partial charge is 0.310 e. The van der Waals surface area contributed by atoms with E-state index in [-0.39, 0.29) is 5.41 Å². The van der Waals surface area contributed by atoms with E-state index in [0.717, 1.165) is 23.7 Å². The summed E-state index contributed by atoms with van der Waals surface area (Å²) in [7, 11) is 0. The summed E-state index contributed by atoms with van der Waals surface area (Å²) in [6.45, 7) is 0. The van der Waals surface area contributed by atoms with Crippen LogP contribution in [-0.4, -0.2) is 0 Å². The summed E-state index contributed by atoms with van der Waals surface area (Å²) >= 11 is 0. The lowest BCUT2D eigenvalue weighted by Gasteiger charge is -2.57. The number of rotatable bonds is 5. The lowest BCUT2D eigenvalue weighted by Crippen LogP contribution is -2.50. The normalized spacial score (nSPS) is 23.8. The van der Waals surface area contributed by atoms with Gasteiger partial charge >= 0.3 is 0 Å². The summed E-state index contributed by atoms with van der Waals surface area (Å²) in [4.78, 5) is 2.50. The molecule has 7 aromatic rings. The maximum atomic E-state index is 2.55. The average Bonchev–Trinajstić information content (AvgIpc) is 3.48. The van der Waals surface area contributed by atoms with E-state index in [9.17, 15) is 0 Å². The molecule has 3 saturated carbocycles. The number of anilines is 3. The van der Waals surface area contributed by atoms with E-state index in [1.165, 1.54) is 99.7 Å². The van der Waals surface area contributed by atoms with E-state index in [1.807, 2.05) is 0 Å². The van der Waals surface area contributed by atoms with Crippen LogP contribution in [0.3, 0.4) is 0 Å². The van der Waals surface area contributed by atoms with Gasteiger partial charge in [0.1, 0.15) is 0 Å². The van der Waals surface area contributed by atoms with Crippen LogP contribution in [0.4, 0.5) is 17.1 Å². The zero-order chi connectivity index (χ0) is 34.2. The molecule has 52 heavy (non-hydrogen) atoms. The molecule has 4 aliphatic rings. The quantitative estimate of drug-likeness (QED) is 0.176. The molecule has 0 aliphatic heterocycles. The van der Waals surface area contributed by atoms with Crippen LogP contribution < -0.4 is 4.90 Å². The van der Waals surface area contributed by atoms with Crippen molar-refractivity contribution in [3.05, 3.63) is 175 Å². The van der Waals surface area contributed by atoms with Crippen molar-refractivity contribution in [2.45, 2.75) is 43.9 Å². The summed E-state index contributed by atoms with van der Waals surface area (Å²) in [6, 6.07) is 61.4. The Kier molecular flexibility index (Phi) is 6.88. The Morgan fingerprint density at radius 2 is 1.15 bits per heavy atom. The number of hydrogen-bond donors (Lipinski definition) is 0. The van der Waals surface area contributed by atoms with Crippen LogP contribution in [0.2, 0.25) is 0 Å². The predicted octanol–water partition coefficient (Wildman–Crippen LogP) is 13.8. The van der Waals surface area contributed by atoms with Gasteiger partial charge in [-0.3, -0.25) is 0 Å². The van der Waals surface area contributed by atoms with E-state index in [2.05, 4.69) is 169 Å². The standard InChI is InChI=1S/C51H43N/c1-2-11-37(12-3-1)45-14-7-9-17-50(45)52(43-24-22-36(23-25-43)39-21-20-35-10-4-5-13-38(35)30-39)44-26-27-49-47(32-44)46-15-6-8-16-48(46)51(49)33-40-19-18-34-28-41(40)31-42(51)29-34/h1-17,20-27,30,32,34,40-42H,18-19,28-29,31,33H2. The molecule has 0 aromatic heterocycles. The average molecular weight is 670 g/mol. The minimum absolute atomic E-state index is 0.152. The van der Waals surface area contributed by atoms with Gasteiger partial charge in [-0.1, -0.05) is 134 Å². The Labute approximate surface area is 307 Å². The highest BCUT2D eigenvalue weighted by Crippen LogP contribution is 2.66. The van der Waals surface area contributed by atoms with Gasteiger partial charge in [-0.2, -0.15) is 0 Å². The summed E-state index contributed by atoms with van der Waals surface area (Å²) in [6.07, 6.45) is 8.51. The predicted molar refractivity (Wildman–Crippen MR) is 217 cm³/mol. The van der Waals surface area contributed by atoms with Gasteiger partial charge in [0.2, 0.25) is 0 Å². The molecule has 1 nitrogen and oxygen atoms in total. The highest BCUT2D eigenvalue weighted by molar-refractivity contribution is 5.92. The van der Waals surface area contributed by atoms with E-state index in [0.29, 0.717) is 0 Å². The maximum Gasteiger partial charge on any atom is 0.0540 e. The molecule has 7 aromatic carbocycles. The van der Waals surface area contributed by atoms with Crippen molar-refractivity contribution in [1.29, 1.82) is 0 Å². The maximum absolute atomic E-state index is 2.55. The van der Waals surface area contributed by atoms with Crippen molar-refractivity contribution in [3.8, 4) is 33.4 Å². The van der Waals surface area contributed by atoms with Gasteiger partial charge in [-0.15, -0.1) is 0 Å². The number of benzene rings is 7. The molecule has 11 rings (SSSR count). The number of nitrogens with zero attached hydrogens (tertiary/aromatic N) is 1. The number of fused-ring (bicyclic) bond motifs is 9. The van der Waals surface area contributed by atoms with Crippen molar-refractivity contribution in [3.63, 3.8) is 0 Å². The molecule has 3 fully saturated rings. The molecular formula is C51H43N. The van der Waals surface area contributed by atoms with Crippen LogP contribution in [-0.2, 0) is 5.41 Å². The molecule has 1 spiro atoms. The third kappa shape index (κ3) is 4.61. The fraction of sp³-hybridized carbons (Fsp3) is 0.216. The van der Waals surface area contributed by atoms with Gasteiger partial charge in [0.15, 0.2) is 0 Å². The smallest absolute Gasteiger partial charge is 0.0540 e. The first-order chi connectivity index (χ1) is 25.7. The molecule has 0 N–H and O–H groups in total. The van der Waals surface area contributed by atoms with E-state index >= 15 is 0 Å². The Bertz CT molecular complexity index is 2460. The molecule has 252 valence electrons.